The van der Waals surface area contributed by atoms with Crippen LogP contribution in [0.2, 0.25) is 0 Å². The molecule has 0 spiro atoms. The third-order valence-corrected chi connectivity index (χ3v) is 22.4. The zero-order valence-electron chi connectivity index (χ0n) is 76.4. The lowest BCUT2D eigenvalue weighted by molar-refractivity contribution is -0.153. The minimum absolute atomic E-state index is 0.00366. The van der Waals surface area contributed by atoms with Crippen LogP contribution in [0.25, 0.3) is 0 Å². The molecule has 124 heavy (non-hydrogen) atoms. The molecular formula is C86H134N16O21S. The van der Waals surface area contributed by atoms with Crippen LogP contribution >= 0.6 is 11.3 Å². The van der Waals surface area contributed by atoms with Gasteiger partial charge in [0.25, 0.3) is 17.7 Å². The Morgan fingerprint density at radius 2 is 1.23 bits per heavy atom. The molecule has 38 heteroatoms. The lowest BCUT2D eigenvalue weighted by Crippen LogP contribution is -2.65. The molecule has 2 aliphatic rings. The van der Waals surface area contributed by atoms with E-state index in [4.69, 9.17) is 24.7 Å². The Hall–Kier alpha value is -10.4. The van der Waals surface area contributed by atoms with Crippen LogP contribution < -0.4 is 63.6 Å². The number of carbonyl (C=O) groups is 17. The molecule has 0 fully saturated rings. The van der Waals surface area contributed by atoms with E-state index in [1.807, 2.05) is 27.7 Å². The second-order valence-electron chi connectivity index (χ2n) is 36.5. The predicted octanol–water partition coefficient (Wildman–Crippen LogP) is 2.84. The molecule has 1 aromatic heterocycles. The van der Waals surface area contributed by atoms with Gasteiger partial charge in [0.2, 0.25) is 65.0 Å². The highest BCUT2D eigenvalue weighted by atomic mass is 32.1. The highest BCUT2D eigenvalue weighted by molar-refractivity contribution is 7.09. The van der Waals surface area contributed by atoms with Crippen molar-refractivity contribution in [2.75, 3.05) is 86.1 Å². The normalized spacial score (nSPS) is 22.5. The molecule has 0 saturated carbocycles. The number of hydrogen-bond acceptors (Lipinski definition) is 25. The standard InChI is InChI=1S/C86H134N16O21S/c1-25-49(4)68(98-81(119)86(19,20)99(21)22)79(117)100(23)60(48(2)3)38-62(122-55(10)104)78-97-59(41-124-78)75(114)95-57(35-50(5)71(110)88-33-32-87)36-56-28-29-61-58(37-56)96-74(113)53(8)93-72(111)51(6)91-63(105)39-82(11,12)44-120-46-84(15,16)42-89-76(115)69(101(24)65(107)27-26-34-103)70(102-66(108)30-31-67(102)109)77(116)90-43-85(17,18)47-121-45-83(13,14)40-64(106)92-52(7)73(112)94-54(9)80(118)123-61/h26-31,34,37,41,48-54,57,60,62,68-70H,25,32-33,35-36,38-40,42-47,87H2,1-24H3,(H,88,110)(H,89,115)(H,90,116)(H,91,105)(H,92,106)(H,93,111)(H,94,112)(H,95,114)(H,96,113)(H,98,119)/b27-26-/t49-,50?,51?,52?,53?,54?,57+,60+,62+,68-,69?,70?/m0/s1. The number of nitrogens with two attached hydrogens (primary N) is 1. The molecule has 2 aromatic rings. The lowest BCUT2D eigenvalue weighted by atomic mass is 9.89. The van der Waals surface area contributed by atoms with E-state index in [0.717, 1.165) is 47.6 Å². The van der Waals surface area contributed by atoms with E-state index in [0.29, 0.717) is 23.2 Å². The molecule has 0 radical (unpaired) electrons. The number of benzene rings is 1. The number of imide groups is 1. The van der Waals surface area contributed by atoms with E-state index in [1.54, 1.807) is 107 Å². The lowest BCUT2D eigenvalue weighted by Gasteiger charge is -2.38. The summed E-state index contributed by atoms with van der Waals surface area (Å²) in [4.78, 5) is 244. The van der Waals surface area contributed by atoms with E-state index < -0.39 is 176 Å². The Morgan fingerprint density at radius 1 is 0.710 bits per heavy atom. The molecule has 0 saturated heterocycles. The molecule has 3 heterocycles. The van der Waals surface area contributed by atoms with Gasteiger partial charge in [0, 0.05) is 119 Å². The van der Waals surface area contributed by atoms with Gasteiger partial charge < -0.3 is 87.6 Å². The zero-order valence-corrected chi connectivity index (χ0v) is 77.2. The maximum atomic E-state index is 14.7. The van der Waals surface area contributed by atoms with E-state index >= 15 is 0 Å². The van der Waals surface area contributed by atoms with Gasteiger partial charge in [-0.05, 0) is 115 Å². The van der Waals surface area contributed by atoms with Gasteiger partial charge >= 0.3 is 11.9 Å². The molecule has 690 valence electrons. The van der Waals surface area contributed by atoms with E-state index in [2.05, 4.69) is 58.2 Å². The maximum absolute atomic E-state index is 14.7. The molecular weight excluding hydrogens is 1630 g/mol. The molecule has 1 aromatic carbocycles. The summed E-state index contributed by atoms with van der Waals surface area (Å²) in [6.07, 6.45) is 2.91. The first kappa shape index (κ1) is 106. The summed E-state index contributed by atoms with van der Waals surface area (Å²) in [7, 11) is 6.32. The topological polar surface area (TPSA) is 499 Å². The molecule has 14 amide bonds. The summed E-state index contributed by atoms with van der Waals surface area (Å²) in [5, 5.41) is 29.0. The van der Waals surface area contributed by atoms with Crippen LogP contribution in [0.5, 0.6) is 5.75 Å². The fourth-order valence-electron chi connectivity index (χ4n) is 13.2. The summed E-state index contributed by atoms with van der Waals surface area (Å²) in [6.45, 7) is 32.9. The molecule has 0 aliphatic carbocycles. The summed E-state index contributed by atoms with van der Waals surface area (Å²) in [5.74, 6) is -13.5. The molecule has 37 nitrogen and oxygen atoms in total. The second-order valence-corrected chi connectivity index (χ2v) is 37.4. The van der Waals surface area contributed by atoms with Crippen molar-refractivity contribution in [3.63, 3.8) is 0 Å². The Kier molecular flexibility index (Phi) is 40.2. The van der Waals surface area contributed by atoms with Crippen molar-refractivity contribution in [2.24, 2.45) is 45.1 Å². The number of anilines is 1. The first-order chi connectivity index (χ1) is 57.5. The van der Waals surface area contributed by atoms with Gasteiger partial charge in [-0.15, -0.1) is 11.3 Å². The Bertz CT molecular complexity index is 4210. The van der Waals surface area contributed by atoms with Gasteiger partial charge in [-0.25, -0.2) is 9.78 Å². The Labute approximate surface area is 731 Å². The quantitative estimate of drug-likeness (QED) is 0.0224. The molecule has 0 bridgehead atoms. The summed E-state index contributed by atoms with van der Waals surface area (Å²) in [6, 6.07) is -7.26. The number of nitrogens with zero attached hydrogens (tertiary/aromatic N) is 5. The number of rotatable bonds is 25. The van der Waals surface area contributed by atoms with Crippen LogP contribution in [-0.2, 0) is 97.3 Å². The van der Waals surface area contributed by atoms with Crippen LogP contribution in [-0.4, -0.2) is 266 Å². The SMILES string of the molecule is CC[C@H](C)[C@H](NC(=O)C(C)(C)N(C)C)C(=O)N(C)[C@H](C[C@@H](OC(C)=O)c1nc(C(=O)N[C@@H](Cc2ccc3c(c2)NC(=O)C(C)NC(=O)C(C)NC(=O)CC(C)(C)COCC(C)(C)CNC(=O)C(N(C)C(=O)/C=C\C=O)C(N2C(=O)C=CC2=O)C(=O)NCC(C)(C)COCC(C)(C)CC(=O)NC(C)C(=O)NC(C)C(=O)O3)CC(C)C(=O)NCCN)cs1)C(C)C. The van der Waals surface area contributed by atoms with Gasteiger partial charge in [-0.2, -0.15) is 0 Å². The van der Waals surface area contributed by atoms with Gasteiger partial charge in [-0.3, -0.25) is 86.5 Å². The minimum Gasteiger partial charge on any atom is -0.455 e. The Balaban J connectivity index is 1.74. The van der Waals surface area contributed by atoms with Gasteiger partial charge in [0.1, 0.15) is 59.3 Å². The first-order valence-corrected chi connectivity index (χ1v) is 42.6. The molecule has 12 atom stereocenters. The number of esters is 2. The van der Waals surface area contributed by atoms with Crippen LogP contribution in [0, 0.1) is 39.4 Å². The van der Waals surface area contributed by atoms with Crippen molar-refractivity contribution in [1.82, 2.24) is 72.4 Å². The average Bonchev–Trinajstić information content (AvgIpc) is 1.54. The number of carbonyl (C=O) groups excluding carboxylic acids is 17. The second kappa shape index (κ2) is 47.0. The van der Waals surface area contributed by atoms with Gasteiger partial charge in [0.05, 0.1) is 37.7 Å². The maximum Gasteiger partial charge on any atom is 0.333 e. The first-order valence-electron chi connectivity index (χ1n) is 41.7. The number of thiazole rings is 1. The van der Waals surface area contributed by atoms with E-state index in [9.17, 15) is 81.5 Å². The number of nitrogens with one attached hydrogen (secondary N) is 10. The van der Waals surface area contributed by atoms with Crippen molar-refractivity contribution in [3.05, 3.63) is 64.1 Å². The van der Waals surface area contributed by atoms with Crippen LogP contribution in [0.1, 0.15) is 198 Å². The summed E-state index contributed by atoms with van der Waals surface area (Å²) in [5.41, 5.74) is 1.27. The van der Waals surface area contributed by atoms with Crippen molar-refractivity contribution in [1.29, 1.82) is 0 Å². The zero-order chi connectivity index (χ0) is 94.0. The highest BCUT2D eigenvalue weighted by Gasteiger charge is 2.48. The van der Waals surface area contributed by atoms with Crippen molar-refractivity contribution < 1.29 is 100 Å². The van der Waals surface area contributed by atoms with Crippen molar-refractivity contribution >= 4 is 118 Å². The largest absolute Gasteiger partial charge is 0.455 e. The monoisotopic (exact) mass is 1760 g/mol. The predicted molar refractivity (Wildman–Crippen MR) is 462 cm³/mol. The third kappa shape index (κ3) is 32.6. The number of allylic oxidation sites excluding steroid dienone is 1. The van der Waals surface area contributed by atoms with Crippen LogP contribution in [0.4, 0.5) is 5.69 Å². The van der Waals surface area contributed by atoms with Crippen molar-refractivity contribution in [2.45, 2.75) is 243 Å². The Morgan fingerprint density at radius 3 is 1.74 bits per heavy atom. The summed E-state index contributed by atoms with van der Waals surface area (Å²) < 4.78 is 24.1. The van der Waals surface area contributed by atoms with E-state index in [-0.39, 0.29) is 130 Å². The molecule has 7 unspecified atom stereocenters. The van der Waals surface area contributed by atoms with E-state index in [1.165, 1.54) is 58.2 Å². The fourth-order valence-corrected chi connectivity index (χ4v) is 14.1. The smallest absolute Gasteiger partial charge is 0.333 e. The number of likely N-dealkylation sites (N-methyl/N-ethyl adjacent to an activating group) is 3. The average molecular weight is 1760 g/mol. The van der Waals surface area contributed by atoms with Crippen LogP contribution in [0.15, 0.2) is 47.9 Å². The number of aromatic nitrogens is 1. The number of ether oxygens (including phenoxy) is 4. The van der Waals surface area contributed by atoms with Gasteiger partial charge in [0.15, 0.2) is 11.9 Å². The third-order valence-electron chi connectivity index (χ3n) is 21.5. The van der Waals surface area contributed by atoms with Crippen molar-refractivity contribution in [3.8, 4) is 5.75 Å². The minimum atomic E-state index is -1.98. The molecule has 4 rings (SSSR count). The highest BCUT2D eigenvalue weighted by Crippen LogP contribution is 2.34. The molecule has 12 N–H and O–H groups in total. The fraction of sp³-hybridized carbons (Fsp3) is 0.651. The molecule has 2 aliphatic heterocycles. The van der Waals surface area contributed by atoms with Gasteiger partial charge in [-0.1, -0.05) is 102 Å². The number of aldehydes is 1. The van der Waals surface area contributed by atoms with Crippen LogP contribution in [0.3, 0.4) is 0 Å². The number of fused-ring (bicyclic) bond motifs is 1. The number of hydrogen-bond donors (Lipinski definition) is 11. The number of amides is 14. The summed E-state index contributed by atoms with van der Waals surface area (Å²) >= 11 is 1.03.